The van der Waals surface area contributed by atoms with E-state index in [0.29, 0.717) is 30.7 Å². The molecule has 1 aromatic heterocycles. The Balaban J connectivity index is 1.32. The van der Waals surface area contributed by atoms with Gasteiger partial charge in [-0.1, -0.05) is 6.07 Å². The molecule has 2 aliphatic rings. The SMILES string of the molecule is O=C(N[C@H]1COc2ccc(COCC(F)(F)F)cc2C1)c1cc2n(n1)CC[C@H](COC(F)F)O2. The van der Waals surface area contributed by atoms with Crippen molar-refractivity contribution >= 4 is 5.91 Å². The molecule has 4 rings (SSSR count). The fourth-order valence-electron chi connectivity index (χ4n) is 3.73. The van der Waals surface area contributed by atoms with E-state index in [1.54, 1.807) is 18.2 Å². The van der Waals surface area contributed by atoms with Crippen LogP contribution >= 0.6 is 0 Å². The number of halogens is 5. The third-order valence-corrected chi connectivity index (χ3v) is 5.23. The smallest absolute Gasteiger partial charge is 0.411 e. The van der Waals surface area contributed by atoms with Crippen LogP contribution in [0.4, 0.5) is 22.0 Å². The molecule has 1 aromatic carbocycles. The Labute approximate surface area is 190 Å². The lowest BCUT2D eigenvalue weighted by molar-refractivity contribution is -0.176. The number of nitrogens with zero attached hydrogens (tertiary/aromatic N) is 2. The van der Waals surface area contributed by atoms with Gasteiger partial charge >= 0.3 is 12.8 Å². The molecule has 0 saturated heterocycles. The van der Waals surface area contributed by atoms with Gasteiger partial charge in [-0.3, -0.25) is 4.79 Å². The van der Waals surface area contributed by atoms with Gasteiger partial charge in [0.1, 0.15) is 25.1 Å². The Bertz CT molecular complexity index is 1010. The molecular formula is C21H22F5N3O5. The van der Waals surface area contributed by atoms with E-state index >= 15 is 0 Å². The molecule has 186 valence electrons. The number of nitrogens with one attached hydrogen (secondary N) is 1. The minimum Gasteiger partial charge on any atom is -0.491 e. The zero-order chi connectivity index (χ0) is 24.3. The molecule has 0 aliphatic carbocycles. The molecule has 0 unspecified atom stereocenters. The summed E-state index contributed by atoms with van der Waals surface area (Å²) in [6.45, 7) is -4.10. The van der Waals surface area contributed by atoms with Gasteiger partial charge in [0.2, 0.25) is 5.88 Å². The third kappa shape index (κ3) is 6.35. The quantitative estimate of drug-likeness (QED) is 0.572. The number of hydrogen-bond donors (Lipinski definition) is 1. The van der Waals surface area contributed by atoms with Gasteiger partial charge in [-0.25, -0.2) is 4.68 Å². The number of benzene rings is 1. The van der Waals surface area contributed by atoms with Crippen LogP contribution in [0, 0.1) is 0 Å². The summed E-state index contributed by atoms with van der Waals surface area (Å²) in [5.41, 5.74) is 1.40. The maximum Gasteiger partial charge on any atom is 0.411 e. The van der Waals surface area contributed by atoms with Crippen molar-refractivity contribution in [3.8, 4) is 11.6 Å². The predicted molar refractivity (Wildman–Crippen MR) is 106 cm³/mol. The van der Waals surface area contributed by atoms with Gasteiger partial charge in [-0.2, -0.15) is 27.1 Å². The summed E-state index contributed by atoms with van der Waals surface area (Å²) >= 11 is 0. The zero-order valence-electron chi connectivity index (χ0n) is 17.8. The molecule has 2 aliphatic heterocycles. The number of carbonyl (C=O) groups excluding carboxylic acids is 1. The summed E-state index contributed by atoms with van der Waals surface area (Å²) in [6.07, 6.45) is -4.15. The van der Waals surface area contributed by atoms with Crippen molar-refractivity contribution < 1.29 is 45.7 Å². The Kier molecular flexibility index (Phi) is 7.22. The molecule has 34 heavy (non-hydrogen) atoms. The molecule has 0 saturated carbocycles. The van der Waals surface area contributed by atoms with Crippen LogP contribution in [0.25, 0.3) is 0 Å². The number of aryl methyl sites for hydroxylation is 1. The number of ether oxygens (including phenoxy) is 4. The minimum atomic E-state index is -4.40. The molecule has 1 N–H and O–H groups in total. The van der Waals surface area contributed by atoms with Crippen LogP contribution in [-0.4, -0.2) is 60.4 Å². The Morgan fingerprint density at radius 2 is 2.12 bits per heavy atom. The van der Waals surface area contributed by atoms with Gasteiger partial charge in [0.25, 0.3) is 5.91 Å². The lowest BCUT2D eigenvalue weighted by Gasteiger charge is -2.26. The number of fused-ring (bicyclic) bond motifs is 2. The fraction of sp³-hybridized carbons (Fsp3) is 0.524. The number of amides is 1. The van der Waals surface area contributed by atoms with Gasteiger partial charge in [-0.05, 0) is 29.7 Å². The molecule has 2 aromatic rings. The van der Waals surface area contributed by atoms with Crippen LogP contribution in [0.15, 0.2) is 24.3 Å². The first-order valence-electron chi connectivity index (χ1n) is 10.5. The second-order valence-electron chi connectivity index (χ2n) is 7.95. The molecule has 0 fully saturated rings. The van der Waals surface area contributed by atoms with Gasteiger partial charge in [0.05, 0.1) is 19.3 Å². The first-order chi connectivity index (χ1) is 16.2. The summed E-state index contributed by atoms with van der Waals surface area (Å²) in [5, 5.41) is 7.02. The van der Waals surface area contributed by atoms with E-state index < -0.39 is 37.4 Å². The highest BCUT2D eigenvalue weighted by atomic mass is 19.4. The lowest BCUT2D eigenvalue weighted by atomic mass is 10.0. The number of hydrogen-bond acceptors (Lipinski definition) is 6. The largest absolute Gasteiger partial charge is 0.491 e. The van der Waals surface area contributed by atoms with Crippen molar-refractivity contribution in [3.63, 3.8) is 0 Å². The molecule has 0 bridgehead atoms. The van der Waals surface area contributed by atoms with Crippen LogP contribution in [-0.2, 0) is 29.0 Å². The molecular weight excluding hydrogens is 469 g/mol. The van der Waals surface area contributed by atoms with E-state index in [0.717, 1.165) is 5.56 Å². The van der Waals surface area contributed by atoms with Crippen molar-refractivity contribution in [1.29, 1.82) is 0 Å². The van der Waals surface area contributed by atoms with Crippen LogP contribution in [0.3, 0.4) is 0 Å². The van der Waals surface area contributed by atoms with Gasteiger partial charge in [-0.15, -0.1) is 0 Å². The third-order valence-electron chi connectivity index (χ3n) is 5.23. The number of carbonyl (C=O) groups is 1. The normalized spacial score (nSPS) is 19.7. The maximum absolute atomic E-state index is 12.7. The van der Waals surface area contributed by atoms with Gasteiger partial charge in [0, 0.05) is 19.0 Å². The van der Waals surface area contributed by atoms with E-state index in [9.17, 15) is 26.7 Å². The molecule has 3 heterocycles. The van der Waals surface area contributed by atoms with Gasteiger partial charge < -0.3 is 24.3 Å². The van der Waals surface area contributed by atoms with E-state index in [1.165, 1.54) is 10.7 Å². The van der Waals surface area contributed by atoms with Crippen LogP contribution in [0.5, 0.6) is 11.6 Å². The topological polar surface area (TPSA) is 83.8 Å². The summed E-state index contributed by atoms with van der Waals surface area (Å²) in [7, 11) is 0. The maximum atomic E-state index is 12.7. The summed E-state index contributed by atoms with van der Waals surface area (Å²) in [5.74, 6) is 0.411. The summed E-state index contributed by atoms with van der Waals surface area (Å²) in [6, 6.07) is 6.02. The number of rotatable bonds is 8. The zero-order valence-corrected chi connectivity index (χ0v) is 17.8. The van der Waals surface area contributed by atoms with E-state index in [-0.39, 0.29) is 31.4 Å². The molecule has 13 heteroatoms. The van der Waals surface area contributed by atoms with E-state index in [2.05, 4.69) is 15.2 Å². The molecule has 1 amide bonds. The van der Waals surface area contributed by atoms with Crippen LogP contribution in [0.1, 0.15) is 28.0 Å². The highest BCUT2D eigenvalue weighted by Gasteiger charge is 2.29. The second kappa shape index (κ2) is 10.1. The highest BCUT2D eigenvalue weighted by molar-refractivity contribution is 5.92. The molecule has 0 spiro atoms. The van der Waals surface area contributed by atoms with Crippen LogP contribution < -0.4 is 14.8 Å². The molecule has 0 radical (unpaired) electrons. The summed E-state index contributed by atoms with van der Waals surface area (Å²) in [4.78, 5) is 12.7. The minimum absolute atomic E-state index is 0.102. The van der Waals surface area contributed by atoms with Crippen molar-refractivity contribution in [3.05, 3.63) is 41.1 Å². The van der Waals surface area contributed by atoms with Gasteiger partial charge in [0.15, 0.2) is 5.69 Å². The number of aromatic nitrogens is 2. The number of alkyl halides is 5. The second-order valence-corrected chi connectivity index (χ2v) is 7.95. The van der Waals surface area contributed by atoms with Crippen molar-refractivity contribution in [2.45, 2.75) is 50.9 Å². The lowest BCUT2D eigenvalue weighted by Crippen LogP contribution is -2.43. The Morgan fingerprint density at radius 1 is 1.29 bits per heavy atom. The first-order valence-corrected chi connectivity index (χ1v) is 10.5. The average molecular weight is 491 g/mol. The van der Waals surface area contributed by atoms with E-state index in [1.807, 2.05) is 0 Å². The fourth-order valence-corrected chi connectivity index (χ4v) is 3.73. The molecule has 8 nitrogen and oxygen atoms in total. The average Bonchev–Trinajstić information content (AvgIpc) is 3.20. The van der Waals surface area contributed by atoms with Crippen molar-refractivity contribution in [2.24, 2.45) is 0 Å². The predicted octanol–water partition coefficient (Wildman–Crippen LogP) is 3.09. The highest BCUT2D eigenvalue weighted by Crippen LogP contribution is 2.27. The molecule has 2 atom stereocenters. The standard InChI is InChI=1S/C21H22F5N3O5/c22-20(23)33-10-15-3-4-29-18(34-15)7-16(28-29)19(30)27-14-6-13-5-12(1-2-17(13)32-9-14)8-31-11-21(24,25)26/h1-2,5,7,14-15,20H,3-4,6,8-11H2,(H,27,30)/t14-,15-/m1/s1. The Morgan fingerprint density at radius 3 is 2.88 bits per heavy atom. The monoisotopic (exact) mass is 491 g/mol. The van der Waals surface area contributed by atoms with Crippen molar-refractivity contribution in [2.75, 3.05) is 19.8 Å². The Hall–Kier alpha value is -2.93. The van der Waals surface area contributed by atoms with Crippen LogP contribution in [0.2, 0.25) is 0 Å². The van der Waals surface area contributed by atoms with E-state index in [4.69, 9.17) is 14.2 Å². The first kappa shape index (κ1) is 24.2. The van der Waals surface area contributed by atoms with Crippen molar-refractivity contribution in [1.82, 2.24) is 15.1 Å². The summed E-state index contributed by atoms with van der Waals surface area (Å²) < 4.78 is 83.0.